The summed E-state index contributed by atoms with van der Waals surface area (Å²) in [5.41, 5.74) is 2.41. The lowest BCUT2D eigenvalue weighted by atomic mass is 9.85. The Labute approximate surface area is 208 Å². The van der Waals surface area contributed by atoms with Gasteiger partial charge in [-0.1, -0.05) is 29.6 Å². The van der Waals surface area contributed by atoms with Crippen LogP contribution in [0.3, 0.4) is 0 Å². The quantitative estimate of drug-likeness (QED) is 0.537. The van der Waals surface area contributed by atoms with Crippen LogP contribution in [0.1, 0.15) is 35.2 Å². The highest BCUT2D eigenvalue weighted by atomic mass is 35.5. The van der Waals surface area contributed by atoms with Gasteiger partial charge in [0, 0.05) is 37.7 Å². The number of carbonyl (C=O) groups excluding carboxylic acids is 1. The zero-order valence-electron chi connectivity index (χ0n) is 18.6. The Kier molecular flexibility index (Phi) is 6.44. The summed E-state index contributed by atoms with van der Waals surface area (Å²) in [4.78, 5) is 26.7. The lowest BCUT2D eigenvalue weighted by molar-refractivity contribution is 0.0746. The van der Waals surface area contributed by atoms with Crippen LogP contribution < -0.4 is 10.2 Å². The zero-order valence-corrected chi connectivity index (χ0v) is 20.1. The molecule has 5 rings (SSSR count). The van der Waals surface area contributed by atoms with Crippen LogP contribution in [0.15, 0.2) is 36.4 Å². The second kappa shape index (κ2) is 9.65. The third kappa shape index (κ3) is 4.61. The first-order valence-corrected chi connectivity index (χ1v) is 12.2. The van der Waals surface area contributed by atoms with Gasteiger partial charge in [-0.15, -0.1) is 0 Å². The summed E-state index contributed by atoms with van der Waals surface area (Å²) in [6.45, 7) is 3.15. The number of benzene rings is 2. The number of rotatable bonds is 5. The minimum atomic E-state index is -0.126. The van der Waals surface area contributed by atoms with Gasteiger partial charge in [-0.05, 0) is 55.2 Å². The van der Waals surface area contributed by atoms with Crippen molar-refractivity contribution in [3.8, 4) is 6.07 Å². The van der Waals surface area contributed by atoms with Gasteiger partial charge in [0.15, 0.2) is 11.6 Å². The highest BCUT2D eigenvalue weighted by Crippen LogP contribution is 2.30. The van der Waals surface area contributed by atoms with Crippen LogP contribution in [-0.4, -0.2) is 53.5 Å². The van der Waals surface area contributed by atoms with Gasteiger partial charge in [0.1, 0.15) is 0 Å². The second-order valence-corrected chi connectivity index (χ2v) is 9.64. The number of nitrogens with one attached hydrogen (secondary N) is 1. The number of carbonyl (C=O) groups is 1. The Hall–Kier alpha value is -3.08. The number of anilines is 2. The first kappa shape index (κ1) is 22.7. The van der Waals surface area contributed by atoms with Crippen molar-refractivity contribution in [3.05, 3.63) is 57.6 Å². The van der Waals surface area contributed by atoms with E-state index in [2.05, 4.69) is 16.3 Å². The number of fused-ring (bicyclic) bond motifs is 1. The molecule has 0 spiro atoms. The van der Waals surface area contributed by atoms with Crippen molar-refractivity contribution >= 4 is 51.8 Å². The summed E-state index contributed by atoms with van der Waals surface area (Å²) in [5, 5.41) is 13.7. The van der Waals surface area contributed by atoms with Crippen molar-refractivity contribution in [1.29, 1.82) is 5.26 Å². The van der Waals surface area contributed by atoms with E-state index >= 15 is 0 Å². The maximum Gasteiger partial charge on any atom is 0.255 e. The van der Waals surface area contributed by atoms with E-state index in [9.17, 15) is 10.1 Å². The molecule has 0 unspecified atom stereocenters. The van der Waals surface area contributed by atoms with Gasteiger partial charge in [0.2, 0.25) is 0 Å². The average Bonchev–Trinajstić information content (AvgIpc) is 2.83. The lowest BCUT2D eigenvalue weighted by Gasteiger charge is -2.36. The van der Waals surface area contributed by atoms with Crippen molar-refractivity contribution in [2.24, 2.45) is 5.92 Å². The first-order chi connectivity index (χ1) is 16.5. The number of halogens is 2. The molecular weight excluding hydrogens is 471 g/mol. The second-order valence-electron chi connectivity index (χ2n) is 8.79. The highest BCUT2D eigenvalue weighted by molar-refractivity contribution is 6.35. The van der Waals surface area contributed by atoms with Crippen LogP contribution in [0.2, 0.25) is 10.0 Å². The van der Waals surface area contributed by atoms with E-state index in [1.165, 1.54) is 19.3 Å². The van der Waals surface area contributed by atoms with Crippen LogP contribution in [0.5, 0.6) is 0 Å². The van der Waals surface area contributed by atoms with Crippen molar-refractivity contribution in [2.45, 2.75) is 19.3 Å². The van der Waals surface area contributed by atoms with Crippen molar-refractivity contribution < 1.29 is 4.79 Å². The van der Waals surface area contributed by atoms with Gasteiger partial charge in [-0.3, -0.25) is 4.79 Å². The number of nitriles is 1. The molecule has 34 heavy (non-hydrogen) atoms. The maximum atomic E-state index is 13.0. The fourth-order valence-corrected chi connectivity index (χ4v) is 4.72. The van der Waals surface area contributed by atoms with E-state index in [4.69, 9.17) is 33.2 Å². The molecule has 2 aromatic carbocycles. The average molecular weight is 495 g/mol. The number of aromatic nitrogens is 2. The molecule has 2 heterocycles. The lowest BCUT2D eigenvalue weighted by Crippen LogP contribution is -2.49. The van der Waals surface area contributed by atoms with Crippen molar-refractivity contribution in [1.82, 2.24) is 14.9 Å². The molecule has 2 aliphatic rings. The molecule has 1 amide bonds. The van der Waals surface area contributed by atoms with E-state index in [0.717, 1.165) is 23.7 Å². The summed E-state index contributed by atoms with van der Waals surface area (Å²) in [6, 6.07) is 12.5. The minimum Gasteiger partial charge on any atom is -0.367 e. The van der Waals surface area contributed by atoms with E-state index in [1.807, 2.05) is 6.07 Å². The monoisotopic (exact) mass is 494 g/mol. The molecule has 1 aliphatic heterocycles. The first-order valence-electron chi connectivity index (χ1n) is 11.5. The SMILES string of the molecule is N#Cc1ccc2nc(NCC3CCC3)c(N3CCN(C(=O)c4cc(Cl)ccc4Cl)CC3)nc2c1. The predicted octanol–water partition coefficient (Wildman–Crippen LogP) is 4.98. The number of hydrogen-bond acceptors (Lipinski definition) is 6. The maximum absolute atomic E-state index is 13.0. The Morgan fingerprint density at radius 2 is 1.85 bits per heavy atom. The third-order valence-electron chi connectivity index (χ3n) is 6.58. The largest absolute Gasteiger partial charge is 0.367 e. The molecule has 1 saturated heterocycles. The molecule has 3 aromatic rings. The van der Waals surface area contributed by atoms with Crippen LogP contribution in [0.25, 0.3) is 11.0 Å². The number of nitrogens with zero attached hydrogens (tertiary/aromatic N) is 5. The fourth-order valence-electron chi connectivity index (χ4n) is 4.34. The van der Waals surface area contributed by atoms with Gasteiger partial charge >= 0.3 is 0 Å². The Morgan fingerprint density at radius 3 is 2.56 bits per heavy atom. The van der Waals surface area contributed by atoms with Crippen LogP contribution in [0, 0.1) is 17.2 Å². The number of amides is 1. The zero-order chi connectivity index (χ0) is 23.7. The smallest absolute Gasteiger partial charge is 0.255 e. The molecule has 174 valence electrons. The normalized spacial score (nSPS) is 16.3. The van der Waals surface area contributed by atoms with Gasteiger partial charge in [0.05, 0.1) is 33.3 Å². The molecule has 1 aromatic heterocycles. The van der Waals surface area contributed by atoms with Gasteiger partial charge in [-0.2, -0.15) is 5.26 Å². The standard InChI is InChI=1S/C25H24Cl2N6O/c26-18-5-6-20(27)19(13-18)25(34)33-10-8-32(9-11-33)24-23(29-15-16-2-1-3-16)30-21-7-4-17(14-28)12-22(21)31-24/h4-7,12-13,16H,1-3,8-11,15H2,(H,29,30). The molecule has 1 saturated carbocycles. The van der Waals surface area contributed by atoms with Crippen LogP contribution in [-0.2, 0) is 0 Å². The van der Waals surface area contributed by atoms with Crippen LogP contribution >= 0.6 is 23.2 Å². The molecule has 0 radical (unpaired) electrons. The topological polar surface area (TPSA) is 85.2 Å². The van der Waals surface area contributed by atoms with E-state index in [0.29, 0.717) is 58.8 Å². The van der Waals surface area contributed by atoms with E-state index < -0.39 is 0 Å². The molecule has 2 fully saturated rings. The highest BCUT2D eigenvalue weighted by Gasteiger charge is 2.27. The molecule has 1 aliphatic carbocycles. The summed E-state index contributed by atoms with van der Waals surface area (Å²) >= 11 is 12.3. The van der Waals surface area contributed by atoms with E-state index in [1.54, 1.807) is 35.2 Å². The molecule has 7 nitrogen and oxygen atoms in total. The predicted molar refractivity (Wildman–Crippen MR) is 135 cm³/mol. The Morgan fingerprint density at radius 1 is 1.06 bits per heavy atom. The minimum absolute atomic E-state index is 0.126. The summed E-state index contributed by atoms with van der Waals surface area (Å²) in [7, 11) is 0. The van der Waals surface area contributed by atoms with Gasteiger partial charge in [-0.25, -0.2) is 9.97 Å². The number of hydrogen-bond donors (Lipinski definition) is 1. The summed E-state index contributed by atoms with van der Waals surface area (Å²) in [6.07, 6.45) is 3.76. The van der Waals surface area contributed by atoms with Gasteiger partial charge < -0.3 is 15.1 Å². The summed E-state index contributed by atoms with van der Waals surface area (Å²) < 4.78 is 0. The van der Waals surface area contributed by atoms with Crippen molar-refractivity contribution in [2.75, 3.05) is 42.9 Å². The molecule has 1 N–H and O–H groups in total. The number of piperazine rings is 1. The van der Waals surface area contributed by atoms with E-state index in [-0.39, 0.29) is 5.91 Å². The summed E-state index contributed by atoms with van der Waals surface area (Å²) in [5.74, 6) is 2.05. The molecular formula is C25H24Cl2N6O. The molecule has 9 heteroatoms. The molecule has 0 bridgehead atoms. The Bertz CT molecular complexity index is 1280. The van der Waals surface area contributed by atoms with Gasteiger partial charge in [0.25, 0.3) is 5.91 Å². The molecule has 0 atom stereocenters. The Balaban J connectivity index is 1.37. The van der Waals surface area contributed by atoms with Crippen LogP contribution in [0.4, 0.5) is 11.6 Å². The third-order valence-corrected chi connectivity index (χ3v) is 7.15. The van der Waals surface area contributed by atoms with Crippen molar-refractivity contribution in [3.63, 3.8) is 0 Å². The fraction of sp³-hybridized carbons (Fsp3) is 0.360.